The van der Waals surface area contributed by atoms with Crippen LogP contribution in [0.3, 0.4) is 0 Å². The van der Waals surface area contributed by atoms with Gasteiger partial charge in [0.25, 0.3) is 0 Å². The first-order valence-corrected chi connectivity index (χ1v) is 12.8. The Morgan fingerprint density at radius 1 is 1.00 bits per heavy atom. The van der Waals surface area contributed by atoms with Gasteiger partial charge in [0.2, 0.25) is 5.91 Å². The number of amides is 3. The maximum absolute atomic E-state index is 12.9. The number of nitrogens with zero attached hydrogens (tertiary/aromatic N) is 2. The average Bonchev–Trinajstić information content (AvgIpc) is 2.91. The Morgan fingerprint density at radius 2 is 1.75 bits per heavy atom. The number of likely N-dealkylation sites (N-methyl/N-ethyl adjacent to an activating group) is 1. The third kappa shape index (κ3) is 7.21. The Kier molecular flexibility index (Phi) is 10.3. The van der Waals surface area contributed by atoms with Crippen molar-refractivity contribution in [3.05, 3.63) is 93.6 Å². The maximum Gasteiger partial charge on any atom is 0.319 e. The van der Waals surface area contributed by atoms with Gasteiger partial charge in [0.1, 0.15) is 17.9 Å². The number of rotatable bonds is 8. The van der Waals surface area contributed by atoms with E-state index in [9.17, 15) is 14.4 Å². The summed E-state index contributed by atoms with van der Waals surface area (Å²) in [6.07, 6.45) is 0. The monoisotopic (exact) mass is 600 g/mol. The summed E-state index contributed by atoms with van der Waals surface area (Å²) in [5.41, 5.74) is 3.41. The standard InChI is InChI=1S/C29H26Cl2N4O4.ClH/c1-17-10-11-19-6-5-9-25(28(19)33-17)39-16-22-23(30)12-13-24(27(22)31)35(3)26(37)15-32-29(38)34-21-8-4-7-20(14-21)18(2)36;/h4-14H,15-16H2,1-3H3,(H2,32,34,38);1H. The molecule has 4 aromatic rings. The van der Waals surface area contributed by atoms with Gasteiger partial charge in [0.15, 0.2) is 5.78 Å². The summed E-state index contributed by atoms with van der Waals surface area (Å²) < 4.78 is 6.05. The summed E-state index contributed by atoms with van der Waals surface area (Å²) >= 11 is 13.1. The molecule has 0 bridgehead atoms. The van der Waals surface area contributed by atoms with Crippen LogP contribution in [0.4, 0.5) is 16.2 Å². The van der Waals surface area contributed by atoms with Gasteiger partial charge in [0, 0.05) is 40.0 Å². The lowest BCUT2D eigenvalue weighted by Gasteiger charge is -2.21. The number of urea groups is 1. The van der Waals surface area contributed by atoms with E-state index in [4.69, 9.17) is 27.9 Å². The number of benzene rings is 3. The molecule has 0 aliphatic rings. The Hall–Kier alpha value is -3.85. The Balaban J connectivity index is 0.00000441. The molecule has 1 heterocycles. The van der Waals surface area contributed by atoms with Gasteiger partial charge in [-0.05, 0) is 50.2 Å². The van der Waals surface area contributed by atoms with Crippen molar-refractivity contribution in [2.45, 2.75) is 20.5 Å². The third-order valence-electron chi connectivity index (χ3n) is 6.02. The molecule has 3 aromatic carbocycles. The molecule has 0 atom stereocenters. The molecule has 8 nitrogen and oxygen atoms in total. The van der Waals surface area contributed by atoms with Crippen LogP contribution in [0.25, 0.3) is 10.9 Å². The summed E-state index contributed by atoms with van der Waals surface area (Å²) in [5, 5.41) is 6.71. The zero-order valence-electron chi connectivity index (χ0n) is 22.0. The number of hydrogen-bond acceptors (Lipinski definition) is 5. The number of ketones is 1. The molecule has 4 rings (SSSR count). The van der Waals surface area contributed by atoms with E-state index in [-0.39, 0.29) is 36.4 Å². The van der Waals surface area contributed by atoms with Gasteiger partial charge in [-0.25, -0.2) is 9.78 Å². The number of carbonyl (C=O) groups excluding carboxylic acids is 3. The van der Waals surface area contributed by atoms with E-state index < -0.39 is 11.9 Å². The molecule has 0 fully saturated rings. The number of hydrogen-bond donors (Lipinski definition) is 2. The van der Waals surface area contributed by atoms with Crippen molar-refractivity contribution in [1.29, 1.82) is 0 Å². The summed E-state index contributed by atoms with van der Waals surface area (Å²) in [5.74, 6) is 0.0547. The van der Waals surface area contributed by atoms with Gasteiger partial charge in [-0.2, -0.15) is 0 Å². The number of pyridine rings is 1. The van der Waals surface area contributed by atoms with E-state index in [1.165, 1.54) is 11.8 Å². The second kappa shape index (κ2) is 13.5. The highest BCUT2D eigenvalue weighted by Crippen LogP contribution is 2.35. The summed E-state index contributed by atoms with van der Waals surface area (Å²) in [6, 6.07) is 18.7. The summed E-state index contributed by atoms with van der Waals surface area (Å²) in [4.78, 5) is 42.6. The number of aryl methyl sites for hydroxylation is 1. The lowest BCUT2D eigenvalue weighted by Crippen LogP contribution is -2.40. The van der Waals surface area contributed by atoms with Gasteiger partial charge in [-0.15, -0.1) is 12.4 Å². The van der Waals surface area contributed by atoms with Crippen molar-refractivity contribution in [3.63, 3.8) is 0 Å². The van der Waals surface area contributed by atoms with Crippen molar-refractivity contribution >= 4 is 75.6 Å². The van der Waals surface area contributed by atoms with Crippen LogP contribution in [0.15, 0.2) is 66.7 Å². The van der Waals surface area contributed by atoms with Crippen LogP contribution in [0, 0.1) is 6.92 Å². The molecule has 2 N–H and O–H groups in total. The summed E-state index contributed by atoms with van der Waals surface area (Å²) in [6.45, 7) is 3.11. The van der Waals surface area contributed by atoms with Crippen molar-refractivity contribution < 1.29 is 19.1 Å². The number of carbonyl (C=O) groups is 3. The number of fused-ring (bicyclic) bond motifs is 1. The zero-order valence-corrected chi connectivity index (χ0v) is 24.3. The van der Waals surface area contributed by atoms with E-state index in [1.54, 1.807) is 43.4 Å². The lowest BCUT2D eigenvalue weighted by molar-refractivity contribution is -0.117. The fourth-order valence-corrected chi connectivity index (χ4v) is 4.47. The Labute approximate surface area is 248 Å². The van der Waals surface area contributed by atoms with Gasteiger partial charge in [-0.1, -0.05) is 53.5 Å². The first kappa shape index (κ1) is 30.7. The molecule has 0 unspecified atom stereocenters. The van der Waals surface area contributed by atoms with Gasteiger partial charge in [0.05, 0.1) is 17.3 Å². The smallest absolute Gasteiger partial charge is 0.319 e. The van der Waals surface area contributed by atoms with E-state index >= 15 is 0 Å². The third-order valence-corrected chi connectivity index (χ3v) is 6.80. The molecule has 11 heteroatoms. The second-order valence-corrected chi connectivity index (χ2v) is 9.61. The number of halogens is 3. The second-order valence-electron chi connectivity index (χ2n) is 8.83. The van der Waals surface area contributed by atoms with Crippen LogP contribution >= 0.6 is 35.6 Å². The van der Waals surface area contributed by atoms with Crippen molar-refractivity contribution in [2.75, 3.05) is 23.8 Å². The number of para-hydroxylation sites is 1. The molecule has 0 saturated carbocycles. The highest BCUT2D eigenvalue weighted by atomic mass is 35.5. The minimum absolute atomic E-state index is 0. The van der Waals surface area contributed by atoms with Gasteiger partial charge < -0.3 is 20.3 Å². The van der Waals surface area contributed by atoms with E-state index in [0.717, 1.165) is 16.6 Å². The lowest BCUT2D eigenvalue weighted by atomic mass is 10.1. The molecule has 0 radical (unpaired) electrons. The average molecular weight is 602 g/mol. The van der Waals surface area contributed by atoms with E-state index in [2.05, 4.69) is 15.6 Å². The molecule has 40 heavy (non-hydrogen) atoms. The molecule has 0 aliphatic carbocycles. The molecule has 0 spiro atoms. The largest absolute Gasteiger partial charge is 0.487 e. The fourth-order valence-electron chi connectivity index (χ4n) is 3.86. The first-order valence-electron chi connectivity index (χ1n) is 12.0. The number of Topliss-reactive ketones (excluding diaryl/α,β-unsaturated/α-hetero) is 1. The minimum atomic E-state index is -0.590. The van der Waals surface area contributed by atoms with Crippen LogP contribution < -0.4 is 20.3 Å². The molecule has 3 amide bonds. The van der Waals surface area contributed by atoms with Gasteiger partial charge >= 0.3 is 6.03 Å². The molecular formula is C29H27Cl3N4O4. The van der Waals surface area contributed by atoms with Crippen LogP contribution in [0.2, 0.25) is 10.0 Å². The molecule has 0 aliphatic heterocycles. The van der Waals surface area contributed by atoms with Crippen LogP contribution in [0.1, 0.15) is 28.5 Å². The number of anilines is 2. The molecular weight excluding hydrogens is 575 g/mol. The zero-order chi connectivity index (χ0) is 28.1. The Morgan fingerprint density at radius 3 is 2.50 bits per heavy atom. The highest BCUT2D eigenvalue weighted by Gasteiger charge is 2.19. The SMILES string of the molecule is CC(=O)c1cccc(NC(=O)NCC(=O)N(C)c2ccc(Cl)c(COc3cccc4ccc(C)nc34)c2Cl)c1.Cl. The van der Waals surface area contributed by atoms with Crippen LogP contribution in [-0.4, -0.2) is 36.3 Å². The van der Waals surface area contributed by atoms with Gasteiger partial charge in [-0.3, -0.25) is 9.59 Å². The van der Waals surface area contributed by atoms with E-state index in [0.29, 0.717) is 33.3 Å². The molecule has 208 valence electrons. The highest BCUT2D eigenvalue weighted by molar-refractivity contribution is 6.38. The van der Waals surface area contributed by atoms with Crippen molar-refractivity contribution in [2.24, 2.45) is 0 Å². The van der Waals surface area contributed by atoms with E-state index in [1.807, 2.05) is 37.3 Å². The minimum Gasteiger partial charge on any atom is -0.487 e. The van der Waals surface area contributed by atoms with Crippen LogP contribution in [0.5, 0.6) is 5.75 Å². The first-order chi connectivity index (χ1) is 18.6. The topological polar surface area (TPSA) is 101 Å². The normalized spacial score (nSPS) is 10.4. The maximum atomic E-state index is 12.9. The predicted molar refractivity (Wildman–Crippen MR) is 161 cm³/mol. The number of ether oxygens (including phenoxy) is 1. The fraction of sp³-hybridized carbons (Fsp3) is 0.172. The molecule has 0 saturated heterocycles. The predicted octanol–water partition coefficient (Wildman–Crippen LogP) is 6.84. The number of aromatic nitrogens is 1. The molecule has 1 aromatic heterocycles. The van der Waals surface area contributed by atoms with Crippen molar-refractivity contribution in [1.82, 2.24) is 10.3 Å². The summed E-state index contributed by atoms with van der Waals surface area (Å²) in [7, 11) is 1.55. The quantitative estimate of drug-likeness (QED) is 0.216. The Bertz CT molecular complexity index is 1580. The van der Waals surface area contributed by atoms with Crippen molar-refractivity contribution in [3.8, 4) is 5.75 Å². The van der Waals surface area contributed by atoms with Crippen LogP contribution in [-0.2, 0) is 11.4 Å². The number of nitrogens with one attached hydrogen (secondary N) is 2.